The van der Waals surface area contributed by atoms with Gasteiger partial charge in [0.2, 0.25) is 0 Å². The van der Waals surface area contributed by atoms with Crippen molar-refractivity contribution in [2.45, 2.75) is 207 Å². The third-order valence-electron chi connectivity index (χ3n) is 34.3. The average Bonchev–Trinajstić information content (AvgIpc) is 1.58. The van der Waals surface area contributed by atoms with Gasteiger partial charge in [-0.15, -0.1) is 0 Å². The van der Waals surface area contributed by atoms with Crippen LogP contribution in [0, 0.1) is 166 Å². The van der Waals surface area contributed by atoms with Crippen LogP contribution >= 0.6 is 0 Å². The fraction of sp³-hybridized carbons (Fsp3) is 0.560. The summed E-state index contributed by atoms with van der Waals surface area (Å²) in [5, 5.41) is 2.80. The first-order valence-corrected chi connectivity index (χ1v) is 46.2. The van der Waals surface area contributed by atoms with Gasteiger partial charge in [-0.25, -0.2) is 0 Å². The molecule has 0 saturated heterocycles. The van der Waals surface area contributed by atoms with Gasteiger partial charge in [-0.1, -0.05) is 247 Å². The highest BCUT2D eigenvalue weighted by atomic mass is 16.5. The van der Waals surface area contributed by atoms with Gasteiger partial charge in [0.25, 0.3) is 0 Å². The number of ether oxygens (including phenoxy) is 2. The minimum atomic E-state index is -0.151. The van der Waals surface area contributed by atoms with Crippen molar-refractivity contribution in [1.82, 2.24) is 0 Å². The maximum Gasteiger partial charge on any atom is 0.302 e. The Balaban J connectivity index is 0.0000000897. The molecule has 22 aliphatic rings. The molecule has 0 N–H and O–H groups in total. The molecule has 0 heterocycles. The van der Waals surface area contributed by atoms with Crippen molar-refractivity contribution < 1.29 is 19.1 Å². The molecule has 113 heavy (non-hydrogen) atoms. The van der Waals surface area contributed by atoms with Crippen LogP contribution in [-0.4, -0.2) is 24.6 Å². The molecule has 27 rings (SSSR count). The van der Waals surface area contributed by atoms with Gasteiger partial charge < -0.3 is 9.47 Å². The molecule has 29 unspecified atom stereocenters. The van der Waals surface area contributed by atoms with Crippen molar-refractivity contribution in [3.8, 4) is 0 Å². The first kappa shape index (κ1) is 76.0. The van der Waals surface area contributed by atoms with Crippen LogP contribution in [0.5, 0.6) is 0 Å². The van der Waals surface area contributed by atoms with Crippen LogP contribution in [-0.2, 0) is 42.7 Å². The Kier molecular flexibility index (Phi) is 21.4. The number of hydrogen-bond donors (Lipinski definition) is 0. The number of allylic oxidation sites excluding steroid dienone is 17. The number of carbonyl (C=O) groups is 2. The Hall–Kier alpha value is -7.04. The summed E-state index contributed by atoms with van der Waals surface area (Å²) in [6, 6.07) is 41.9. The van der Waals surface area contributed by atoms with E-state index in [-0.39, 0.29) is 23.5 Å². The lowest BCUT2D eigenvalue weighted by Crippen LogP contribution is -2.32. The van der Waals surface area contributed by atoms with E-state index in [1.54, 1.807) is 44.5 Å². The van der Waals surface area contributed by atoms with Gasteiger partial charge in [-0.2, -0.15) is 0 Å². The Labute approximate surface area is 679 Å². The van der Waals surface area contributed by atoms with E-state index in [0.717, 1.165) is 161 Å². The zero-order chi connectivity index (χ0) is 76.8. The summed E-state index contributed by atoms with van der Waals surface area (Å²) in [7, 11) is 0. The number of esters is 2. The molecule has 0 aromatic heterocycles. The van der Waals surface area contributed by atoms with Crippen LogP contribution in [0.25, 0.3) is 10.8 Å². The molecule has 29 atom stereocenters. The van der Waals surface area contributed by atoms with Crippen LogP contribution in [0.2, 0.25) is 0 Å². The van der Waals surface area contributed by atoms with Gasteiger partial charge in [0.1, 0.15) is 6.10 Å². The molecule has 0 amide bonds. The maximum atomic E-state index is 10.6. The summed E-state index contributed by atoms with van der Waals surface area (Å²) in [5.74, 6) is 24.6. The molecule has 0 radical (unpaired) electrons. The molecule has 4 heteroatoms. The molecule has 22 aliphatic carbocycles. The molecular weight excluding hydrogens is 1370 g/mol. The first-order valence-electron chi connectivity index (χ1n) is 46.2. The number of hydrogen-bond acceptors (Lipinski definition) is 4. The fourth-order valence-corrected chi connectivity index (χ4v) is 28.6. The molecule has 4 nitrogen and oxygen atoms in total. The highest BCUT2D eigenvalue weighted by molar-refractivity contribution is 5.85. The second kappa shape index (κ2) is 31.8. The van der Waals surface area contributed by atoms with Gasteiger partial charge in [-0.05, 0) is 362 Å². The second-order valence-electron chi connectivity index (χ2n) is 41.3. The predicted octanol–water partition coefficient (Wildman–Crippen LogP) is 25.7. The smallest absolute Gasteiger partial charge is 0.302 e. The standard InChI is InChI=1S/C27H24.C23H22.C10H14O2.C9H12O2.5C8H12/c1-2-6-18-14-26-22(11-17(18)5-1)13-21-7-3-4-8-25(21)27(26)15-23-19-9-10-20(12-19)24(23)16-27;1-3-7-21-17(5-1)12-18-6-2-4-8-22(18)23(21)13-19-15-9-10-16(11-15)20(19)14-23;1-7(11)12-6-10-5-8-2-3-9(10)4-8;1-6(10)11-9-5-7-2-3-8(9)4-7;5*1-6-4-7-2-3-8(6)5-7/h1-11,14,19-20,23-24H,12-13,15-16H2;1-10,15-16,19-20H,11-14H2;2-3,8-10H,4-6H2,1H3;2-3,7-9H,4-5H2,1H3;5*2-3,6-8H,4-5H2,1H3. The zero-order valence-corrected chi connectivity index (χ0v) is 69.4. The van der Waals surface area contributed by atoms with Crippen molar-refractivity contribution in [1.29, 1.82) is 0 Å². The van der Waals surface area contributed by atoms with Crippen molar-refractivity contribution in [2.75, 3.05) is 6.61 Å². The van der Waals surface area contributed by atoms with E-state index >= 15 is 0 Å². The average molecular weight is 1510 g/mol. The summed E-state index contributed by atoms with van der Waals surface area (Å²) < 4.78 is 10.2. The van der Waals surface area contributed by atoms with E-state index in [0.29, 0.717) is 35.7 Å². The third kappa shape index (κ3) is 15.2. The van der Waals surface area contributed by atoms with Gasteiger partial charge in [0.15, 0.2) is 0 Å². The zero-order valence-electron chi connectivity index (χ0n) is 69.4. The molecule has 11 fully saturated rings. The lowest BCUT2D eigenvalue weighted by molar-refractivity contribution is -0.147. The van der Waals surface area contributed by atoms with Crippen molar-refractivity contribution >= 4 is 22.7 Å². The minimum Gasteiger partial charge on any atom is -0.466 e. The third-order valence-corrected chi connectivity index (χ3v) is 34.3. The van der Waals surface area contributed by atoms with E-state index in [9.17, 15) is 9.59 Å². The van der Waals surface area contributed by atoms with Crippen molar-refractivity contribution in [2.24, 2.45) is 166 Å². The number of benzene rings is 5. The van der Waals surface area contributed by atoms with Gasteiger partial charge in [-0.3, -0.25) is 9.59 Å². The highest BCUT2D eigenvalue weighted by Gasteiger charge is 2.60. The Bertz CT molecular complexity index is 4320. The van der Waals surface area contributed by atoms with Crippen LogP contribution in [0.3, 0.4) is 0 Å². The van der Waals surface area contributed by atoms with Crippen LogP contribution in [0.15, 0.2) is 219 Å². The Morgan fingerprint density at radius 2 is 0.611 bits per heavy atom. The second-order valence-corrected chi connectivity index (χ2v) is 41.3. The predicted molar refractivity (Wildman–Crippen MR) is 463 cm³/mol. The number of fused-ring (bicyclic) bond motifs is 33. The molecule has 5 aromatic carbocycles. The van der Waals surface area contributed by atoms with E-state index in [1.165, 1.54) is 147 Å². The molecule has 592 valence electrons. The monoisotopic (exact) mass is 1510 g/mol. The van der Waals surface area contributed by atoms with Crippen LogP contribution < -0.4 is 0 Å². The topological polar surface area (TPSA) is 52.6 Å². The summed E-state index contributed by atoms with van der Waals surface area (Å²) in [4.78, 5) is 21.2. The maximum absolute atomic E-state index is 10.6. The molecule has 11 saturated carbocycles. The van der Waals surface area contributed by atoms with Crippen LogP contribution in [0.4, 0.5) is 0 Å². The SMILES string of the molecule is C1=CC2CC1C1CC3(CC21)c1ccccc1Cc1cc2ccccc2cc13.C1=CC2CC1C1CC3(CC21)c1ccccc1Cc1ccccc13.CC(=O)OC1CC2C=CC1C2.CC(=O)OCC1CC2C=CC1C2.CC1CC2C=CC1C2.CC1CC2C=CC1C2.CC1CC2C=CC1C2.CC1CC2C=CC1C2.CC1CC2C=CC1C2. The molecule has 5 aromatic rings. The van der Waals surface area contributed by atoms with E-state index in [2.05, 4.69) is 253 Å². The highest BCUT2D eigenvalue weighted by Crippen LogP contribution is 2.67. The normalized spacial score (nSPS) is 41.1. The first-order chi connectivity index (χ1) is 55.0. The van der Waals surface area contributed by atoms with E-state index < -0.39 is 0 Å². The lowest BCUT2D eigenvalue weighted by atomic mass is 9.64. The van der Waals surface area contributed by atoms with E-state index in [1.807, 2.05) is 0 Å². The Morgan fingerprint density at radius 1 is 0.301 bits per heavy atom. The van der Waals surface area contributed by atoms with Gasteiger partial charge in [0.05, 0.1) is 6.61 Å². The summed E-state index contributed by atoms with van der Waals surface area (Å²) >= 11 is 0. The largest absolute Gasteiger partial charge is 0.466 e. The Morgan fingerprint density at radius 3 is 0.912 bits per heavy atom. The number of carbonyl (C=O) groups excluding carboxylic acids is 2. The van der Waals surface area contributed by atoms with Gasteiger partial charge >= 0.3 is 11.9 Å². The molecular formula is C109H132O4. The summed E-state index contributed by atoms with van der Waals surface area (Å²) in [5.41, 5.74) is 13.4. The van der Waals surface area contributed by atoms with Crippen molar-refractivity contribution in [3.63, 3.8) is 0 Å². The molecule has 0 aliphatic heterocycles. The quantitative estimate of drug-likeness (QED) is 0.133. The molecule has 2 spiro atoms. The minimum absolute atomic E-state index is 0.143. The number of rotatable bonds is 3. The van der Waals surface area contributed by atoms with Crippen LogP contribution in [0.1, 0.15) is 221 Å². The van der Waals surface area contributed by atoms with E-state index in [4.69, 9.17) is 9.47 Å². The van der Waals surface area contributed by atoms with Crippen molar-refractivity contribution in [3.05, 3.63) is 263 Å². The lowest BCUT2D eigenvalue weighted by Gasteiger charge is -2.39. The summed E-state index contributed by atoms with van der Waals surface area (Å²) in [6.45, 7) is 15.4. The molecule has 18 bridgehead atoms. The van der Waals surface area contributed by atoms with Gasteiger partial charge in [0, 0.05) is 30.6 Å². The fourth-order valence-electron chi connectivity index (χ4n) is 28.6. The summed E-state index contributed by atoms with van der Waals surface area (Å²) in [6.07, 6.45) is 73.2.